The van der Waals surface area contributed by atoms with Crippen LogP contribution in [0.15, 0.2) is 29.2 Å². The average Bonchev–Trinajstić information content (AvgIpc) is 3.06. The van der Waals surface area contributed by atoms with E-state index in [9.17, 15) is 4.79 Å². The minimum atomic E-state index is -0.370. The summed E-state index contributed by atoms with van der Waals surface area (Å²) in [6.07, 6.45) is 1.59. The number of hydrogen-bond acceptors (Lipinski definition) is 5. The summed E-state index contributed by atoms with van der Waals surface area (Å²) in [5.41, 5.74) is 2.62. The molecule has 1 N–H and O–H groups in total. The van der Waals surface area contributed by atoms with Crippen LogP contribution in [-0.2, 0) is 13.1 Å². The molecule has 0 fully saturated rings. The standard InChI is InChI=1S/C18H23ClN4O2/c1-3-22(4-2)8-9-25-16-7-5-6-13-11-23(12-14(13)16)15-10-20-21-18(24)17(15)19/h5-7,10H,3-4,8-9,11-12H2,1-2H3,(H,21,24). The molecule has 0 aliphatic carbocycles. The molecule has 0 unspecified atom stereocenters. The molecule has 1 aliphatic rings. The van der Waals surface area contributed by atoms with Crippen LogP contribution in [-0.4, -0.2) is 41.3 Å². The van der Waals surface area contributed by atoms with E-state index in [1.54, 1.807) is 6.20 Å². The van der Waals surface area contributed by atoms with Crippen molar-refractivity contribution >= 4 is 17.3 Å². The van der Waals surface area contributed by atoms with Crippen molar-refractivity contribution in [2.75, 3.05) is 31.1 Å². The van der Waals surface area contributed by atoms with Crippen LogP contribution in [0.4, 0.5) is 5.69 Å². The first-order valence-electron chi connectivity index (χ1n) is 8.58. The molecule has 0 spiro atoms. The molecule has 1 aliphatic heterocycles. The van der Waals surface area contributed by atoms with Gasteiger partial charge < -0.3 is 14.5 Å². The van der Waals surface area contributed by atoms with E-state index in [-0.39, 0.29) is 10.6 Å². The van der Waals surface area contributed by atoms with Crippen LogP contribution < -0.4 is 15.2 Å². The molecule has 0 saturated heterocycles. The summed E-state index contributed by atoms with van der Waals surface area (Å²) in [5.74, 6) is 0.904. The number of benzene rings is 1. The number of hydrogen-bond donors (Lipinski definition) is 1. The van der Waals surface area contributed by atoms with Gasteiger partial charge in [0.1, 0.15) is 17.4 Å². The first-order valence-corrected chi connectivity index (χ1v) is 8.95. The predicted molar refractivity (Wildman–Crippen MR) is 99.5 cm³/mol. The predicted octanol–water partition coefficient (Wildman–Crippen LogP) is 2.66. The van der Waals surface area contributed by atoms with E-state index >= 15 is 0 Å². The van der Waals surface area contributed by atoms with Crippen molar-refractivity contribution < 1.29 is 4.74 Å². The van der Waals surface area contributed by atoms with Gasteiger partial charge in [-0.2, -0.15) is 5.10 Å². The topological polar surface area (TPSA) is 61.5 Å². The molecule has 2 aromatic rings. The number of halogens is 1. The molecule has 7 heteroatoms. The van der Waals surface area contributed by atoms with Gasteiger partial charge in [0.15, 0.2) is 0 Å². The van der Waals surface area contributed by atoms with Crippen molar-refractivity contribution in [3.63, 3.8) is 0 Å². The normalized spacial score (nSPS) is 13.4. The van der Waals surface area contributed by atoms with Crippen LogP contribution in [0.5, 0.6) is 5.75 Å². The fraction of sp³-hybridized carbons (Fsp3) is 0.444. The van der Waals surface area contributed by atoms with Gasteiger partial charge in [0.05, 0.1) is 11.9 Å². The number of aromatic nitrogens is 2. The lowest BCUT2D eigenvalue weighted by molar-refractivity contribution is 0.222. The van der Waals surface area contributed by atoms with Crippen LogP contribution in [0, 0.1) is 0 Å². The number of fused-ring (bicyclic) bond motifs is 1. The number of rotatable bonds is 7. The van der Waals surface area contributed by atoms with Crippen LogP contribution in [0.2, 0.25) is 5.02 Å². The first kappa shape index (κ1) is 17.8. The Balaban J connectivity index is 1.73. The van der Waals surface area contributed by atoms with E-state index in [2.05, 4.69) is 35.0 Å². The number of ether oxygens (including phenoxy) is 1. The molecule has 134 valence electrons. The number of nitrogens with one attached hydrogen (secondary N) is 1. The summed E-state index contributed by atoms with van der Waals surface area (Å²) in [6, 6.07) is 6.09. The van der Waals surface area contributed by atoms with Crippen molar-refractivity contribution in [3.8, 4) is 5.75 Å². The summed E-state index contributed by atoms with van der Waals surface area (Å²) in [5, 5.41) is 6.39. The molecule has 25 heavy (non-hydrogen) atoms. The van der Waals surface area contributed by atoms with E-state index in [4.69, 9.17) is 16.3 Å². The Bertz CT molecular complexity index is 789. The molecule has 0 bridgehead atoms. The van der Waals surface area contributed by atoms with Crippen LogP contribution in [0.1, 0.15) is 25.0 Å². The highest BCUT2D eigenvalue weighted by Crippen LogP contribution is 2.35. The maximum atomic E-state index is 11.7. The number of anilines is 1. The van der Waals surface area contributed by atoms with Gasteiger partial charge in [-0.25, -0.2) is 5.10 Å². The molecule has 0 saturated carbocycles. The van der Waals surface area contributed by atoms with Gasteiger partial charge in [0.25, 0.3) is 5.56 Å². The lowest BCUT2D eigenvalue weighted by atomic mass is 10.1. The third kappa shape index (κ3) is 3.80. The van der Waals surface area contributed by atoms with Crippen molar-refractivity contribution in [3.05, 3.63) is 50.9 Å². The van der Waals surface area contributed by atoms with Crippen molar-refractivity contribution in [2.24, 2.45) is 0 Å². The second kappa shape index (κ2) is 7.89. The summed E-state index contributed by atoms with van der Waals surface area (Å²) in [7, 11) is 0. The highest BCUT2D eigenvalue weighted by molar-refractivity contribution is 6.33. The SMILES string of the molecule is CCN(CC)CCOc1cccc2c1CN(c1cn[nH]c(=O)c1Cl)C2. The van der Waals surface area contributed by atoms with Gasteiger partial charge >= 0.3 is 0 Å². The minimum absolute atomic E-state index is 0.173. The van der Waals surface area contributed by atoms with Gasteiger partial charge in [0.2, 0.25) is 0 Å². The zero-order valence-electron chi connectivity index (χ0n) is 14.6. The zero-order valence-corrected chi connectivity index (χ0v) is 15.3. The Hall–Kier alpha value is -2.05. The molecule has 0 radical (unpaired) electrons. The maximum Gasteiger partial charge on any atom is 0.285 e. The Morgan fingerprint density at radius 3 is 2.88 bits per heavy atom. The average molecular weight is 363 g/mol. The molecule has 2 heterocycles. The number of nitrogens with zero attached hydrogens (tertiary/aromatic N) is 3. The molecule has 1 aromatic heterocycles. The summed E-state index contributed by atoms with van der Waals surface area (Å²) >= 11 is 6.14. The molecular weight excluding hydrogens is 340 g/mol. The third-order valence-corrected chi connectivity index (χ3v) is 4.98. The molecule has 3 rings (SSSR count). The first-order chi connectivity index (χ1) is 12.1. The van der Waals surface area contributed by atoms with Crippen molar-refractivity contribution in [1.29, 1.82) is 0 Å². The fourth-order valence-corrected chi connectivity index (χ4v) is 3.33. The van der Waals surface area contributed by atoms with Crippen LogP contribution in [0.3, 0.4) is 0 Å². The van der Waals surface area contributed by atoms with Gasteiger partial charge in [-0.15, -0.1) is 0 Å². The summed E-state index contributed by atoms with van der Waals surface area (Å²) in [4.78, 5) is 16.1. The van der Waals surface area contributed by atoms with Crippen LogP contribution in [0.25, 0.3) is 0 Å². The number of H-pyrrole nitrogens is 1. The van der Waals surface area contributed by atoms with E-state index in [0.29, 0.717) is 25.4 Å². The monoisotopic (exact) mass is 362 g/mol. The molecule has 0 atom stereocenters. The molecular formula is C18H23ClN4O2. The van der Waals surface area contributed by atoms with Gasteiger partial charge in [-0.05, 0) is 24.7 Å². The summed E-state index contributed by atoms with van der Waals surface area (Å²) < 4.78 is 6.04. The second-order valence-electron chi connectivity index (χ2n) is 6.02. The summed E-state index contributed by atoms with van der Waals surface area (Å²) in [6.45, 7) is 9.26. The maximum absolute atomic E-state index is 11.7. The van der Waals surface area contributed by atoms with E-state index in [1.165, 1.54) is 5.56 Å². The second-order valence-corrected chi connectivity index (χ2v) is 6.40. The molecule has 1 aromatic carbocycles. The van der Waals surface area contributed by atoms with Gasteiger partial charge in [-0.3, -0.25) is 4.79 Å². The molecule has 0 amide bonds. The Morgan fingerprint density at radius 1 is 1.32 bits per heavy atom. The van der Waals surface area contributed by atoms with Gasteiger partial charge in [-0.1, -0.05) is 37.6 Å². The van der Waals surface area contributed by atoms with Crippen molar-refractivity contribution in [1.82, 2.24) is 15.1 Å². The molecule has 6 nitrogen and oxygen atoms in total. The van der Waals surface area contributed by atoms with Gasteiger partial charge in [0, 0.05) is 25.2 Å². The highest BCUT2D eigenvalue weighted by Gasteiger charge is 2.25. The number of likely N-dealkylation sites (N-methyl/N-ethyl adjacent to an activating group) is 1. The lowest BCUT2D eigenvalue weighted by Gasteiger charge is -2.19. The minimum Gasteiger partial charge on any atom is -0.492 e. The quantitative estimate of drug-likeness (QED) is 0.820. The fourth-order valence-electron chi connectivity index (χ4n) is 3.12. The number of aromatic amines is 1. The van der Waals surface area contributed by atoms with Crippen LogP contribution >= 0.6 is 11.6 Å². The smallest absolute Gasteiger partial charge is 0.285 e. The third-order valence-electron chi connectivity index (χ3n) is 4.62. The van der Waals surface area contributed by atoms with E-state index < -0.39 is 0 Å². The Morgan fingerprint density at radius 2 is 2.12 bits per heavy atom. The van der Waals surface area contributed by atoms with Crippen molar-refractivity contribution in [2.45, 2.75) is 26.9 Å². The zero-order chi connectivity index (χ0) is 17.8. The highest BCUT2D eigenvalue weighted by atomic mass is 35.5. The largest absolute Gasteiger partial charge is 0.492 e. The van der Waals surface area contributed by atoms with E-state index in [1.807, 2.05) is 17.0 Å². The Labute approximate surface area is 152 Å². The Kier molecular flexibility index (Phi) is 5.60. The van der Waals surface area contributed by atoms with E-state index in [0.717, 1.165) is 30.9 Å². The lowest BCUT2D eigenvalue weighted by Crippen LogP contribution is -2.28.